The molecular formula is C13H24N4O2. The van der Waals surface area contributed by atoms with E-state index in [-0.39, 0.29) is 23.5 Å². The SMILES string of the molecule is CCC(C)(C)NC(=O)NC1CC(=O)N(C2CNC2)C1. The molecule has 0 radical (unpaired) electrons. The van der Waals surface area contributed by atoms with Gasteiger partial charge in [-0.15, -0.1) is 0 Å². The first kappa shape index (κ1) is 14.1. The zero-order valence-corrected chi connectivity index (χ0v) is 12.0. The summed E-state index contributed by atoms with van der Waals surface area (Å²) in [6.07, 6.45) is 1.28. The molecule has 2 fully saturated rings. The Bertz CT molecular complexity index is 366. The first-order chi connectivity index (χ1) is 8.91. The summed E-state index contributed by atoms with van der Waals surface area (Å²) in [7, 11) is 0. The largest absolute Gasteiger partial charge is 0.335 e. The van der Waals surface area contributed by atoms with E-state index in [2.05, 4.69) is 16.0 Å². The van der Waals surface area contributed by atoms with Gasteiger partial charge in [-0.1, -0.05) is 6.92 Å². The second-order valence-corrected chi connectivity index (χ2v) is 6.10. The maximum absolute atomic E-state index is 11.9. The molecule has 2 rings (SSSR count). The van der Waals surface area contributed by atoms with Gasteiger partial charge in [-0.2, -0.15) is 0 Å². The van der Waals surface area contributed by atoms with Crippen LogP contribution in [0.1, 0.15) is 33.6 Å². The Morgan fingerprint density at radius 3 is 2.68 bits per heavy atom. The van der Waals surface area contributed by atoms with E-state index in [4.69, 9.17) is 0 Å². The molecule has 3 amide bonds. The lowest BCUT2D eigenvalue weighted by Gasteiger charge is -2.35. The number of amides is 3. The Morgan fingerprint density at radius 1 is 1.47 bits per heavy atom. The van der Waals surface area contributed by atoms with Crippen LogP contribution >= 0.6 is 0 Å². The molecule has 0 spiro atoms. The normalized spacial score (nSPS) is 24.3. The van der Waals surface area contributed by atoms with E-state index in [9.17, 15) is 9.59 Å². The van der Waals surface area contributed by atoms with Gasteiger partial charge >= 0.3 is 6.03 Å². The van der Waals surface area contributed by atoms with Gasteiger partial charge in [0.15, 0.2) is 0 Å². The fourth-order valence-electron chi connectivity index (χ4n) is 2.29. The predicted octanol–water partition coefficient (Wildman–Crippen LogP) is 0.0469. The molecule has 2 saturated heterocycles. The molecule has 0 aromatic heterocycles. The Labute approximate surface area is 114 Å². The molecule has 6 nitrogen and oxygen atoms in total. The van der Waals surface area contributed by atoms with Crippen molar-refractivity contribution in [3.63, 3.8) is 0 Å². The number of carbonyl (C=O) groups excluding carboxylic acids is 2. The highest BCUT2D eigenvalue weighted by molar-refractivity contribution is 5.82. The van der Waals surface area contributed by atoms with Crippen molar-refractivity contribution in [2.45, 2.75) is 51.2 Å². The summed E-state index contributed by atoms with van der Waals surface area (Å²) < 4.78 is 0. The van der Waals surface area contributed by atoms with Gasteiger partial charge in [0.25, 0.3) is 0 Å². The van der Waals surface area contributed by atoms with Crippen LogP contribution in [0.2, 0.25) is 0 Å². The molecule has 2 aliphatic rings. The summed E-state index contributed by atoms with van der Waals surface area (Å²) in [5.74, 6) is 0.145. The number of hydrogen-bond donors (Lipinski definition) is 3. The molecule has 0 bridgehead atoms. The molecule has 19 heavy (non-hydrogen) atoms. The maximum Gasteiger partial charge on any atom is 0.315 e. The van der Waals surface area contributed by atoms with Crippen LogP contribution in [0.3, 0.4) is 0 Å². The van der Waals surface area contributed by atoms with Gasteiger partial charge in [0, 0.05) is 31.6 Å². The predicted molar refractivity (Wildman–Crippen MR) is 72.8 cm³/mol. The average Bonchev–Trinajstić information content (AvgIpc) is 2.56. The van der Waals surface area contributed by atoms with Gasteiger partial charge in [0.2, 0.25) is 5.91 Å². The van der Waals surface area contributed by atoms with Crippen molar-refractivity contribution in [1.29, 1.82) is 0 Å². The molecule has 0 saturated carbocycles. The van der Waals surface area contributed by atoms with Crippen LogP contribution in [-0.2, 0) is 4.79 Å². The Morgan fingerprint density at radius 2 is 2.16 bits per heavy atom. The zero-order chi connectivity index (χ0) is 14.0. The van der Waals surface area contributed by atoms with Crippen LogP contribution in [0.5, 0.6) is 0 Å². The van der Waals surface area contributed by atoms with E-state index in [1.807, 2.05) is 25.7 Å². The van der Waals surface area contributed by atoms with Crippen molar-refractivity contribution in [3.8, 4) is 0 Å². The van der Waals surface area contributed by atoms with Crippen molar-refractivity contribution in [2.75, 3.05) is 19.6 Å². The third kappa shape index (κ3) is 3.37. The van der Waals surface area contributed by atoms with Crippen LogP contribution in [0, 0.1) is 0 Å². The standard InChI is InChI=1S/C13H24N4O2/c1-4-13(2,3)16-12(19)15-9-5-11(18)17(8-9)10-6-14-7-10/h9-10,14H,4-8H2,1-3H3,(H2,15,16,19). The van der Waals surface area contributed by atoms with E-state index in [0.29, 0.717) is 19.0 Å². The van der Waals surface area contributed by atoms with Crippen LogP contribution in [0.25, 0.3) is 0 Å². The van der Waals surface area contributed by atoms with Gasteiger partial charge in [-0.05, 0) is 20.3 Å². The number of nitrogens with zero attached hydrogens (tertiary/aromatic N) is 1. The number of rotatable bonds is 4. The molecule has 2 aliphatic heterocycles. The fourth-order valence-corrected chi connectivity index (χ4v) is 2.29. The highest BCUT2D eigenvalue weighted by Crippen LogP contribution is 2.17. The minimum Gasteiger partial charge on any atom is -0.335 e. The second-order valence-electron chi connectivity index (χ2n) is 6.10. The smallest absolute Gasteiger partial charge is 0.315 e. The molecule has 3 N–H and O–H groups in total. The summed E-state index contributed by atoms with van der Waals surface area (Å²) in [6, 6.07) is 0.0634. The molecular weight excluding hydrogens is 244 g/mol. The molecule has 2 heterocycles. The van der Waals surface area contributed by atoms with Crippen LogP contribution in [0.15, 0.2) is 0 Å². The van der Waals surface area contributed by atoms with E-state index in [1.165, 1.54) is 0 Å². The van der Waals surface area contributed by atoms with E-state index in [1.54, 1.807) is 0 Å². The van der Waals surface area contributed by atoms with E-state index < -0.39 is 0 Å². The topological polar surface area (TPSA) is 73.5 Å². The number of carbonyl (C=O) groups is 2. The van der Waals surface area contributed by atoms with Crippen molar-refractivity contribution < 1.29 is 9.59 Å². The zero-order valence-electron chi connectivity index (χ0n) is 12.0. The highest BCUT2D eigenvalue weighted by Gasteiger charge is 2.37. The summed E-state index contributed by atoms with van der Waals surface area (Å²) in [4.78, 5) is 25.6. The average molecular weight is 268 g/mol. The molecule has 108 valence electrons. The lowest BCUT2D eigenvalue weighted by atomic mass is 10.0. The quantitative estimate of drug-likeness (QED) is 0.674. The number of nitrogens with one attached hydrogen (secondary N) is 3. The summed E-state index contributed by atoms with van der Waals surface area (Å²) in [5.41, 5.74) is -0.218. The van der Waals surface area contributed by atoms with Crippen LogP contribution in [0.4, 0.5) is 4.79 Å². The lowest BCUT2D eigenvalue weighted by Crippen LogP contribution is -2.58. The van der Waals surface area contributed by atoms with Crippen molar-refractivity contribution in [3.05, 3.63) is 0 Å². The monoisotopic (exact) mass is 268 g/mol. The molecule has 0 aromatic rings. The molecule has 1 atom stereocenters. The molecule has 6 heteroatoms. The van der Waals surface area contributed by atoms with Crippen molar-refractivity contribution >= 4 is 11.9 Å². The molecule has 0 aromatic carbocycles. The van der Waals surface area contributed by atoms with Gasteiger partial charge in [-0.3, -0.25) is 4.79 Å². The third-order valence-electron chi connectivity index (χ3n) is 4.03. The Hall–Kier alpha value is -1.30. The Kier molecular flexibility index (Phi) is 3.99. The van der Waals surface area contributed by atoms with Gasteiger partial charge in [-0.25, -0.2) is 4.79 Å². The van der Waals surface area contributed by atoms with Crippen molar-refractivity contribution in [2.24, 2.45) is 0 Å². The van der Waals surface area contributed by atoms with E-state index >= 15 is 0 Å². The fraction of sp³-hybridized carbons (Fsp3) is 0.846. The van der Waals surface area contributed by atoms with Gasteiger partial charge in [0.05, 0.1) is 12.1 Å². The molecule has 1 unspecified atom stereocenters. The molecule has 0 aliphatic carbocycles. The van der Waals surface area contributed by atoms with Crippen molar-refractivity contribution in [1.82, 2.24) is 20.9 Å². The van der Waals surface area contributed by atoms with Crippen LogP contribution in [-0.4, -0.2) is 54.1 Å². The number of likely N-dealkylation sites (tertiary alicyclic amines) is 1. The second kappa shape index (κ2) is 5.36. The summed E-state index contributed by atoms with van der Waals surface area (Å²) >= 11 is 0. The van der Waals surface area contributed by atoms with Gasteiger partial charge in [0.1, 0.15) is 0 Å². The first-order valence-corrected chi connectivity index (χ1v) is 7.00. The number of hydrogen-bond acceptors (Lipinski definition) is 3. The maximum atomic E-state index is 11.9. The minimum atomic E-state index is -0.218. The highest BCUT2D eigenvalue weighted by atomic mass is 16.2. The lowest BCUT2D eigenvalue weighted by molar-refractivity contribution is -0.130. The third-order valence-corrected chi connectivity index (χ3v) is 4.03. The summed E-state index contributed by atoms with van der Waals surface area (Å²) in [5, 5.41) is 8.99. The first-order valence-electron chi connectivity index (χ1n) is 7.00. The Balaban J connectivity index is 1.80. The van der Waals surface area contributed by atoms with Crippen LogP contribution < -0.4 is 16.0 Å². The summed E-state index contributed by atoms with van der Waals surface area (Å²) in [6.45, 7) is 8.37. The minimum absolute atomic E-state index is 0.0687. The van der Waals surface area contributed by atoms with Gasteiger partial charge < -0.3 is 20.9 Å². The van der Waals surface area contributed by atoms with E-state index in [0.717, 1.165) is 19.5 Å². The number of urea groups is 1.